The highest BCUT2D eigenvalue weighted by atomic mass is 15.1. The second kappa shape index (κ2) is 15.9. The third-order valence-corrected chi connectivity index (χ3v) is 14.1. The molecule has 0 atom stereocenters. The van der Waals surface area contributed by atoms with Gasteiger partial charge in [0.1, 0.15) is 0 Å². The van der Waals surface area contributed by atoms with Gasteiger partial charge in [-0.3, -0.25) is 0 Å². The molecule has 0 saturated carbocycles. The molecule has 0 aliphatic carbocycles. The van der Waals surface area contributed by atoms with Crippen LogP contribution in [0.5, 0.6) is 0 Å². The Morgan fingerprint density at radius 2 is 0.765 bits per heavy atom. The molecule has 0 saturated heterocycles. The first kappa shape index (κ1) is 39.5. The molecule has 4 heteroatoms. The fraction of sp³-hybridized carbons (Fsp3) is 0.0312. The molecule has 0 spiro atoms. The number of hydrogen-bond acceptors (Lipinski definition) is 2. The SMILES string of the molecule is CN(c1ccc(-c2ccccc2)cc1)c1ccc2c3ccccc3n(-c3ccc4cc(-c5cc(N(C)c6ccccc6)cc6c5c5ccccc5n6-c5ccc6ccccc6c5)ccc4c3)c2c1. The molecule has 68 heavy (non-hydrogen) atoms. The Morgan fingerprint density at radius 3 is 1.53 bits per heavy atom. The highest BCUT2D eigenvalue weighted by Gasteiger charge is 2.21. The van der Waals surface area contributed by atoms with Gasteiger partial charge in [0, 0.05) is 69.8 Å². The lowest BCUT2D eigenvalue weighted by molar-refractivity contribution is 1.17. The second-order valence-corrected chi connectivity index (χ2v) is 17.9. The number of nitrogens with zero attached hydrogens (tertiary/aromatic N) is 4. The molecule has 13 aromatic rings. The predicted octanol–water partition coefficient (Wildman–Crippen LogP) is 17.1. The van der Waals surface area contributed by atoms with Crippen molar-refractivity contribution < 1.29 is 0 Å². The first-order valence-electron chi connectivity index (χ1n) is 23.4. The van der Waals surface area contributed by atoms with Gasteiger partial charge >= 0.3 is 0 Å². The van der Waals surface area contributed by atoms with E-state index < -0.39 is 0 Å². The van der Waals surface area contributed by atoms with E-state index in [1.807, 2.05) is 0 Å². The molecule has 0 unspecified atom stereocenters. The van der Waals surface area contributed by atoms with Crippen LogP contribution < -0.4 is 9.80 Å². The van der Waals surface area contributed by atoms with Gasteiger partial charge in [0.2, 0.25) is 0 Å². The number of anilines is 4. The Balaban J connectivity index is 0.944. The van der Waals surface area contributed by atoms with Crippen LogP contribution in [0.3, 0.4) is 0 Å². The highest BCUT2D eigenvalue weighted by molar-refractivity contribution is 6.17. The first-order valence-corrected chi connectivity index (χ1v) is 23.4. The highest BCUT2D eigenvalue weighted by Crippen LogP contribution is 2.44. The third kappa shape index (κ3) is 6.52. The molecule has 322 valence electrons. The number of aromatic nitrogens is 2. The topological polar surface area (TPSA) is 16.3 Å². The molecular weight excluding hydrogens is 825 g/mol. The van der Waals surface area contributed by atoms with Gasteiger partial charge in [0.05, 0.1) is 22.1 Å². The molecular formula is C64H46N4. The van der Waals surface area contributed by atoms with Crippen molar-refractivity contribution in [2.24, 2.45) is 0 Å². The summed E-state index contributed by atoms with van der Waals surface area (Å²) in [5, 5.41) is 9.80. The molecule has 0 bridgehead atoms. The van der Waals surface area contributed by atoms with Crippen LogP contribution in [0.15, 0.2) is 243 Å². The molecule has 0 aliphatic heterocycles. The Bertz CT molecular complexity index is 4050. The molecule has 4 nitrogen and oxygen atoms in total. The number of fused-ring (bicyclic) bond motifs is 8. The van der Waals surface area contributed by atoms with Crippen molar-refractivity contribution in [1.29, 1.82) is 0 Å². The number of hydrogen-bond donors (Lipinski definition) is 0. The average Bonchev–Trinajstić information content (AvgIpc) is 3.93. The zero-order valence-electron chi connectivity index (χ0n) is 37.9. The van der Waals surface area contributed by atoms with Gasteiger partial charge in [-0.25, -0.2) is 0 Å². The standard InChI is InChI=1S/C64H46N4/c1-65(51-31-27-45(28-32-51)43-15-5-3-6-16-43)52-35-36-57-56-21-11-13-23-60(56)67(62(57)41-52)53-34-30-47-37-49(26-25-48(47)39-53)59-40-55(66(2)50-19-7-4-8-20-50)42-63-64(59)58-22-12-14-24-61(58)68(63)54-33-29-44-17-9-10-18-46(44)38-54/h3-42H,1-2H3. The van der Waals surface area contributed by atoms with Crippen molar-refractivity contribution in [3.63, 3.8) is 0 Å². The Labute approximate surface area is 395 Å². The van der Waals surface area contributed by atoms with Crippen molar-refractivity contribution >= 4 is 87.9 Å². The van der Waals surface area contributed by atoms with E-state index in [0.717, 1.165) is 34.1 Å². The normalized spacial score (nSPS) is 11.7. The van der Waals surface area contributed by atoms with Crippen LogP contribution in [0.4, 0.5) is 22.7 Å². The molecule has 2 heterocycles. The van der Waals surface area contributed by atoms with Crippen LogP contribution >= 0.6 is 0 Å². The van der Waals surface area contributed by atoms with E-state index in [1.54, 1.807) is 0 Å². The molecule has 2 aromatic heterocycles. The summed E-state index contributed by atoms with van der Waals surface area (Å²) in [6, 6.07) is 88.7. The van der Waals surface area contributed by atoms with E-state index in [-0.39, 0.29) is 0 Å². The Morgan fingerprint density at radius 1 is 0.279 bits per heavy atom. The lowest BCUT2D eigenvalue weighted by atomic mass is 9.96. The molecule has 13 rings (SSSR count). The lowest BCUT2D eigenvalue weighted by Gasteiger charge is -2.22. The summed E-state index contributed by atoms with van der Waals surface area (Å²) in [6.45, 7) is 0. The van der Waals surface area contributed by atoms with Gasteiger partial charge < -0.3 is 18.9 Å². The summed E-state index contributed by atoms with van der Waals surface area (Å²) in [5.74, 6) is 0. The van der Waals surface area contributed by atoms with Crippen molar-refractivity contribution in [2.75, 3.05) is 23.9 Å². The first-order chi connectivity index (χ1) is 33.5. The summed E-state index contributed by atoms with van der Waals surface area (Å²) in [6.07, 6.45) is 0. The van der Waals surface area contributed by atoms with Crippen LogP contribution in [-0.4, -0.2) is 23.2 Å². The van der Waals surface area contributed by atoms with E-state index in [9.17, 15) is 0 Å². The summed E-state index contributed by atoms with van der Waals surface area (Å²) in [5.41, 5.74) is 16.4. The monoisotopic (exact) mass is 870 g/mol. The molecule has 0 aliphatic rings. The van der Waals surface area contributed by atoms with Crippen molar-refractivity contribution in [3.8, 4) is 33.6 Å². The quantitative estimate of drug-likeness (QED) is 0.151. The van der Waals surface area contributed by atoms with E-state index in [0.29, 0.717) is 0 Å². The predicted molar refractivity (Wildman–Crippen MR) is 290 cm³/mol. The molecule has 0 fully saturated rings. The van der Waals surface area contributed by atoms with Gasteiger partial charge in [-0.05, 0) is 135 Å². The number of para-hydroxylation sites is 3. The molecule has 0 N–H and O–H groups in total. The van der Waals surface area contributed by atoms with Crippen molar-refractivity contribution in [2.45, 2.75) is 0 Å². The van der Waals surface area contributed by atoms with Gasteiger partial charge in [0.15, 0.2) is 0 Å². The second-order valence-electron chi connectivity index (χ2n) is 17.9. The van der Waals surface area contributed by atoms with Crippen LogP contribution in [0.1, 0.15) is 0 Å². The largest absolute Gasteiger partial charge is 0.345 e. The van der Waals surface area contributed by atoms with E-state index in [1.165, 1.54) is 87.4 Å². The van der Waals surface area contributed by atoms with E-state index in [2.05, 4.69) is 276 Å². The maximum absolute atomic E-state index is 2.45. The fourth-order valence-corrected chi connectivity index (χ4v) is 10.5. The molecule has 11 aromatic carbocycles. The molecule has 0 amide bonds. The van der Waals surface area contributed by atoms with E-state index >= 15 is 0 Å². The van der Waals surface area contributed by atoms with Gasteiger partial charge in [-0.2, -0.15) is 0 Å². The minimum absolute atomic E-state index is 1.12. The lowest BCUT2D eigenvalue weighted by Crippen LogP contribution is -2.09. The zero-order valence-corrected chi connectivity index (χ0v) is 37.9. The maximum atomic E-state index is 2.45. The van der Waals surface area contributed by atoms with E-state index in [4.69, 9.17) is 0 Å². The molecule has 0 radical (unpaired) electrons. The maximum Gasteiger partial charge on any atom is 0.0568 e. The zero-order chi connectivity index (χ0) is 45.3. The van der Waals surface area contributed by atoms with Crippen molar-refractivity contribution in [3.05, 3.63) is 243 Å². The minimum atomic E-state index is 1.12. The fourth-order valence-electron chi connectivity index (χ4n) is 10.5. The van der Waals surface area contributed by atoms with Crippen LogP contribution in [0.2, 0.25) is 0 Å². The minimum Gasteiger partial charge on any atom is -0.345 e. The summed E-state index contributed by atoms with van der Waals surface area (Å²) >= 11 is 0. The Hall–Kier alpha value is -8.86. The van der Waals surface area contributed by atoms with Crippen molar-refractivity contribution in [1.82, 2.24) is 9.13 Å². The summed E-state index contributed by atoms with van der Waals surface area (Å²) < 4.78 is 4.88. The average molecular weight is 871 g/mol. The Kier molecular flexibility index (Phi) is 9.26. The van der Waals surface area contributed by atoms with Gasteiger partial charge in [-0.1, -0.05) is 152 Å². The van der Waals surface area contributed by atoms with Crippen LogP contribution in [0, 0.1) is 0 Å². The summed E-state index contributed by atoms with van der Waals surface area (Å²) in [7, 11) is 4.33. The number of benzene rings is 11. The smallest absolute Gasteiger partial charge is 0.0568 e. The number of rotatable bonds is 8. The van der Waals surface area contributed by atoms with Crippen LogP contribution in [-0.2, 0) is 0 Å². The van der Waals surface area contributed by atoms with Crippen LogP contribution in [0.25, 0.3) is 98.8 Å². The summed E-state index contributed by atoms with van der Waals surface area (Å²) in [4.78, 5) is 4.58. The third-order valence-electron chi connectivity index (χ3n) is 14.1. The van der Waals surface area contributed by atoms with Gasteiger partial charge in [-0.15, -0.1) is 0 Å². The van der Waals surface area contributed by atoms with Gasteiger partial charge in [0.25, 0.3) is 0 Å².